The summed E-state index contributed by atoms with van der Waals surface area (Å²) in [5.41, 5.74) is 0.755. The zero-order chi connectivity index (χ0) is 15.8. The van der Waals surface area contributed by atoms with Gasteiger partial charge < -0.3 is 19.9 Å². The fourth-order valence-corrected chi connectivity index (χ4v) is 2.65. The first-order valence-electron chi connectivity index (χ1n) is 8.19. The molecule has 0 atom stereocenters. The number of amides is 1. The van der Waals surface area contributed by atoms with E-state index >= 15 is 0 Å². The third-order valence-electron chi connectivity index (χ3n) is 4.03. The Morgan fingerprint density at radius 3 is 2.50 bits per heavy atom. The van der Waals surface area contributed by atoms with Crippen molar-refractivity contribution in [3.8, 4) is 5.75 Å². The lowest BCUT2D eigenvalue weighted by atomic mass is 10.2. The van der Waals surface area contributed by atoms with E-state index in [0.29, 0.717) is 13.0 Å². The van der Waals surface area contributed by atoms with Gasteiger partial charge in [-0.2, -0.15) is 0 Å². The van der Waals surface area contributed by atoms with Gasteiger partial charge in [-0.05, 0) is 25.6 Å². The molecule has 2 rings (SSSR count). The average Bonchev–Trinajstić information content (AvgIpc) is 2.55. The summed E-state index contributed by atoms with van der Waals surface area (Å²) in [6.07, 6.45) is 0.520. The number of carbonyl (C=O) groups is 1. The molecule has 22 heavy (non-hydrogen) atoms. The summed E-state index contributed by atoms with van der Waals surface area (Å²) in [6.45, 7) is 11.0. The predicted octanol–water partition coefficient (Wildman–Crippen LogP) is 2.05. The lowest BCUT2D eigenvalue weighted by Crippen LogP contribution is -2.46. The van der Waals surface area contributed by atoms with Crippen LogP contribution in [0.4, 0.5) is 5.69 Å². The van der Waals surface area contributed by atoms with Crippen LogP contribution in [0.25, 0.3) is 0 Å². The largest absolute Gasteiger partial charge is 0.492 e. The van der Waals surface area contributed by atoms with Crippen LogP contribution in [0.2, 0.25) is 0 Å². The van der Waals surface area contributed by atoms with Gasteiger partial charge in [0, 0.05) is 39.1 Å². The van der Waals surface area contributed by atoms with Gasteiger partial charge >= 0.3 is 0 Å². The monoisotopic (exact) mass is 305 g/mol. The molecule has 122 valence electrons. The molecule has 0 bridgehead atoms. The smallest absolute Gasteiger partial charge is 0.225 e. The normalized spacial score (nSPS) is 16.5. The highest BCUT2D eigenvalue weighted by Gasteiger charge is 2.16. The summed E-state index contributed by atoms with van der Waals surface area (Å²) < 4.78 is 5.53. The van der Waals surface area contributed by atoms with Crippen molar-refractivity contribution in [2.24, 2.45) is 0 Å². The van der Waals surface area contributed by atoms with Crippen LogP contribution in [0.1, 0.15) is 20.3 Å². The van der Waals surface area contributed by atoms with Crippen LogP contribution < -0.4 is 10.1 Å². The van der Waals surface area contributed by atoms with Crippen LogP contribution in [0, 0.1) is 0 Å². The Morgan fingerprint density at radius 1 is 1.14 bits per heavy atom. The van der Waals surface area contributed by atoms with Gasteiger partial charge in [0.1, 0.15) is 5.75 Å². The van der Waals surface area contributed by atoms with Gasteiger partial charge in [0.05, 0.1) is 12.3 Å². The molecule has 0 unspecified atom stereocenters. The van der Waals surface area contributed by atoms with Crippen molar-refractivity contribution in [3.63, 3.8) is 0 Å². The molecule has 1 aliphatic heterocycles. The lowest BCUT2D eigenvalue weighted by molar-refractivity contribution is -0.116. The van der Waals surface area contributed by atoms with Crippen molar-refractivity contribution < 1.29 is 9.53 Å². The van der Waals surface area contributed by atoms with E-state index < -0.39 is 0 Å². The van der Waals surface area contributed by atoms with Crippen molar-refractivity contribution in [1.82, 2.24) is 9.80 Å². The second-order valence-electron chi connectivity index (χ2n) is 5.50. The van der Waals surface area contributed by atoms with E-state index in [1.807, 2.05) is 31.2 Å². The predicted molar refractivity (Wildman–Crippen MR) is 89.4 cm³/mol. The number of carbonyl (C=O) groups excluding carboxylic acids is 1. The van der Waals surface area contributed by atoms with E-state index in [9.17, 15) is 4.79 Å². The SMILES string of the molecule is CCOc1ccccc1NC(=O)CCN1CCN(CC)CC1. The molecule has 1 N–H and O–H groups in total. The van der Waals surface area contributed by atoms with E-state index in [0.717, 1.165) is 50.7 Å². The molecule has 0 aliphatic carbocycles. The first-order chi connectivity index (χ1) is 10.7. The number of rotatable bonds is 7. The lowest BCUT2D eigenvalue weighted by Gasteiger charge is -2.33. The van der Waals surface area contributed by atoms with Gasteiger partial charge in [-0.15, -0.1) is 0 Å². The Bertz CT molecular complexity index is 471. The van der Waals surface area contributed by atoms with E-state index in [4.69, 9.17) is 4.74 Å². The zero-order valence-electron chi connectivity index (χ0n) is 13.7. The molecule has 1 amide bonds. The van der Waals surface area contributed by atoms with E-state index in [1.165, 1.54) is 0 Å². The number of likely N-dealkylation sites (N-methyl/N-ethyl adjacent to an activating group) is 1. The molecule has 5 nitrogen and oxygen atoms in total. The topological polar surface area (TPSA) is 44.8 Å². The molecule has 0 aromatic heterocycles. The molecule has 1 aromatic carbocycles. The van der Waals surface area contributed by atoms with Crippen LogP contribution >= 0.6 is 0 Å². The van der Waals surface area contributed by atoms with Gasteiger partial charge in [0.15, 0.2) is 0 Å². The molecule has 0 spiro atoms. The Balaban J connectivity index is 1.76. The number of benzene rings is 1. The Hall–Kier alpha value is -1.59. The molecule has 1 aromatic rings. The first-order valence-corrected chi connectivity index (χ1v) is 8.19. The quantitative estimate of drug-likeness (QED) is 0.837. The molecule has 1 aliphatic rings. The molecule has 1 heterocycles. The maximum absolute atomic E-state index is 12.1. The van der Waals surface area contributed by atoms with Gasteiger partial charge in [0.25, 0.3) is 0 Å². The molecular formula is C17H27N3O2. The second kappa shape index (κ2) is 8.76. The molecule has 0 saturated carbocycles. The fraction of sp³-hybridized carbons (Fsp3) is 0.588. The highest BCUT2D eigenvalue weighted by Crippen LogP contribution is 2.23. The number of nitrogens with one attached hydrogen (secondary N) is 1. The molecule has 5 heteroatoms. The number of nitrogens with zero attached hydrogens (tertiary/aromatic N) is 2. The Kier molecular flexibility index (Phi) is 6.68. The zero-order valence-corrected chi connectivity index (χ0v) is 13.7. The molecule has 1 saturated heterocycles. The van der Waals surface area contributed by atoms with Crippen LogP contribution in [0.5, 0.6) is 5.75 Å². The fourth-order valence-electron chi connectivity index (χ4n) is 2.65. The van der Waals surface area contributed by atoms with Crippen molar-refractivity contribution in [2.45, 2.75) is 20.3 Å². The summed E-state index contributed by atoms with van der Waals surface area (Å²) in [5, 5.41) is 2.95. The Labute approximate surface area is 133 Å². The maximum Gasteiger partial charge on any atom is 0.225 e. The third-order valence-corrected chi connectivity index (χ3v) is 4.03. The summed E-state index contributed by atoms with van der Waals surface area (Å²) >= 11 is 0. The number of para-hydroxylation sites is 2. The van der Waals surface area contributed by atoms with Crippen molar-refractivity contribution >= 4 is 11.6 Å². The number of hydrogen-bond donors (Lipinski definition) is 1. The highest BCUT2D eigenvalue weighted by molar-refractivity contribution is 5.92. The minimum Gasteiger partial charge on any atom is -0.492 e. The van der Waals surface area contributed by atoms with Crippen LogP contribution in [-0.4, -0.2) is 61.6 Å². The van der Waals surface area contributed by atoms with Crippen molar-refractivity contribution in [1.29, 1.82) is 0 Å². The number of ether oxygens (including phenoxy) is 1. The van der Waals surface area contributed by atoms with Crippen molar-refractivity contribution in [2.75, 3.05) is 51.2 Å². The number of hydrogen-bond acceptors (Lipinski definition) is 4. The summed E-state index contributed by atoms with van der Waals surface area (Å²) in [5.74, 6) is 0.778. The highest BCUT2D eigenvalue weighted by atomic mass is 16.5. The van der Waals surface area contributed by atoms with Gasteiger partial charge in [-0.3, -0.25) is 4.79 Å². The second-order valence-corrected chi connectivity index (χ2v) is 5.50. The van der Waals surface area contributed by atoms with E-state index in [-0.39, 0.29) is 5.91 Å². The summed E-state index contributed by atoms with van der Waals surface area (Å²) in [4.78, 5) is 16.9. The Morgan fingerprint density at radius 2 is 1.82 bits per heavy atom. The van der Waals surface area contributed by atoms with Crippen molar-refractivity contribution in [3.05, 3.63) is 24.3 Å². The van der Waals surface area contributed by atoms with E-state index in [1.54, 1.807) is 0 Å². The van der Waals surface area contributed by atoms with Crippen LogP contribution in [0.3, 0.4) is 0 Å². The standard InChI is InChI=1S/C17H27N3O2/c1-3-19-11-13-20(14-12-19)10-9-17(21)18-15-7-5-6-8-16(15)22-4-2/h5-8H,3-4,9-14H2,1-2H3,(H,18,21). The van der Waals surface area contributed by atoms with Gasteiger partial charge in [-0.1, -0.05) is 19.1 Å². The maximum atomic E-state index is 12.1. The summed E-state index contributed by atoms with van der Waals surface area (Å²) in [7, 11) is 0. The molecular weight excluding hydrogens is 278 g/mol. The first kappa shape index (κ1) is 16.8. The summed E-state index contributed by atoms with van der Waals surface area (Å²) in [6, 6.07) is 7.57. The molecule has 0 radical (unpaired) electrons. The number of anilines is 1. The molecule has 1 fully saturated rings. The number of piperazine rings is 1. The van der Waals surface area contributed by atoms with Gasteiger partial charge in [-0.25, -0.2) is 0 Å². The third kappa shape index (κ3) is 5.00. The van der Waals surface area contributed by atoms with E-state index in [2.05, 4.69) is 22.0 Å². The van der Waals surface area contributed by atoms with Gasteiger partial charge in [0.2, 0.25) is 5.91 Å². The minimum absolute atomic E-state index is 0.0464. The van der Waals surface area contributed by atoms with Crippen LogP contribution in [-0.2, 0) is 4.79 Å². The average molecular weight is 305 g/mol. The minimum atomic E-state index is 0.0464. The van der Waals surface area contributed by atoms with Crippen LogP contribution in [0.15, 0.2) is 24.3 Å².